The molecular weight excluding hydrogens is 511 g/mol. The minimum absolute atomic E-state index is 0.0366. The summed E-state index contributed by atoms with van der Waals surface area (Å²) in [6.45, 7) is 0.541. The Labute approximate surface area is 215 Å². The van der Waals surface area contributed by atoms with E-state index in [1.165, 1.54) is 12.1 Å². The number of aromatic nitrogens is 1. The first-order chi connectivity index (χ1) is 17.6. The number of halogens is 4. The van der Waals surface area contributed by atoms with Crippen LogP contribution >= 0.6 is 11.6 Å². The van der Waals surface area contributed by atoms with E-state index in [0.29, 0.717) is 13.0 Å². The highest BCUT2D eigenvalue weighted by atomic mass is 35.5. The molecule has 1 saturated carbocycles. The first-order valence-corrected chi connectivity index (χ1v) is 12.6. The van der Waals surface area contributed by atoms with E-state index in [1.807, 2.05) is 6.07 Å². The molecule has 4 fully saturated rings. The summed E-state index contributed by atoms with van der Waals surface area (Å²) in [4.78, 5) is 43.1. The first kappa shape index (κ1) is 25.4. The van der Waals surface area contributed by atoms with Gasteiger partial charge in [0.1, 0.15) is 23.6 Å². The molecule has 3 amide bonds. The Morgan fingerprint density at radius 3 is 2.76 bits per heavy atom. The topological polar surface area (TPSA) is 118 Å². The maximum Gasteiger partial charge on any atom is 0.271 e. The normalized spacial score (nSPS) is 27.4. The molecular formula is C25H25ClF3N5O3. The fraction of sp³-hybridized carbons (Fsp3) is 0.520. The van der Waals surface area contributed by atoms with Crippen molar-refractivity contribution in [2.24, 2.45) is 11.8 Å². The molecule has 0 radical (unpaired) electrons. The fourth-order valence-corrected chi connectivity index (χ4v) is 6.16. The third-order valence-corrected chi connectivity index (χ3v) is 8.07. The zero-order valence-corrected chi connectivity index (χ0v) is 20.5. The number of rotatable bonds is 5. The van der Waals surface area contributed by atoms with Crippen molar-refractivity contribution in [3.05, 3.63) is 34.7 Å². The zero-order chi connectivity index (χ0) is 26.5. The van der Waals surface area contributed by atoms with Crippen LogP contribution in [0.15, 0.2) is 18.2 Å². The molecule has 8 nitrogen and oxygen atoms in total. The number of piperidine rings is 3. The Balaban J connectivity index is 1.43. The minimum Gasteiger partial charge on any atom is -0.356 e. The summed E-state index contributed by atoms with van der Waals surface area (Å²) in [5, 5.41) is 15.1. The van der Waals surface area contributed by atoms with Gasteiger partial charge in [-0.15, -0.1) is 0 Å². The molecule has 37 heavy (non-hydrogen) atoms. The van der Waals surface area contributed by atoms with Gasteiger partial charge in [-0.2, -0.15) is 5.26 Å². The Kier molecular flexibility index (Phi) is 6.56. The second-order valence-electron chi connectivity index (χ2n) is 10.0. The summed E-state index contributed by atoms with van der Waals surface area (Å²) in [7, 11) is 0. The van der Waals surface area contributed by atoms with E-state index in [2.05, 4.69) is 15.6 Å². The molecule has 3 N–H and O–H groups in total. The van der Waals surface area contributed by atoms with Gasteiger partial charge in [0.15, 0.2) is 0 Å². The van der Waals surface area contributed by atoms with E-state index in [9.17, 15) is 32.8 Å². The van der Waals surface area contributed by atoms with Crippen LogP contribution in [0.4, 0.5) is 13.2 Å². The number of nitriles is 1. The highest BCUT2D eigenvalue weighted by Gasteiger charge is 2.60. The molecule has 2 aromatic rings. The number of carbonyl (C=O) groups excluding carboxylic acids is 3. The van der Waals surface area contributed by atoms with Crippen molar-refractivity contribution in [1.82, 2.24) is 20.5 Å². The van der Waals surface area contributed by atoms with Crippen molar-refractivity contribution >= 4 is 40.2 Å². The molecule has 196 valence electrons. The lowest BCUT2D eigenvalue weighted by molar-refractivity contribution is -0.179. The Hall–Kier alpha value is -3.26. The smallest absolute Gasteiger partial charge is 0.271 e. The number of nitrogens with one attached hydrogen (secondary N) is 3. The molecule has 0 unspecified atom stereocenters. The molecule has 4 aliphatic rings. The molecule has 3 saturated heterocycles. The summed E-state index contributed by atoms with van der Waals surface area (Å²) < 4.78 is 44.2. The highest BCUT2D eigenvalue weighted by molar-refractivity contribution is 6.35. The number of hydrogen-bond donors (Lipinski definition) is 3. The van der Waals surface area contributed by atoms with Crippen molar-refractivity contribution in [3.8, 4) is 6.07 Å². The van der Waals surface area contributed by atoms with Gasteiger partial charge in [-0.05, 0) is 50.3 Å². The van der Waals surface area contributed by atoms with Crippen LogP contribution in [0, 0.1) is 29.0 Å². The van der Waals surface area contributed by atoms with Crippen LogP contribution in [-0.4, -0.2) is 58.2 Å². The van der Waals surface area contributed by atoms with Crippen LogP contribution in [0.2, 0.25) is 5.02 Å². The molecule has 12 heteroatoms. The maximum absolute atomic E-state index is 15.0. The van der Waals surface area contributed by atoms with Crippen LogP contribution in [0.3, 0.4) is 0 Å². The Bertz CT molecular complexity index is 1270. The van der Waals surface area contributed by atoms with Crippen LogP contribution in [0.1, 0.15) is 49.0 Å². The van der Waals surface area contributed by atoms with E-state index in [4.69, 9.17) is 11.6 Å². The number of nitrogens with zero attached hydrogens (tertiary/aromatic N) is 2. The van der Waals surface area contributed by atoms with E-state index in [1.54, 1.807) is 0 Å². The number of carbonyl (C=O) groups is 3. The molecule has 6 rings (SSSR count). The lowest BCUT2D eigenvalue weighted by Gasteiger charge is -2.53. The van der Waals surface area contributed by atoms with Crippen molar-refractivity contribution in [1.29, 1.82) is 5.26 Å². The SMILES string of the molecule is N#C[C@@H](C[C@@H]1CCCNC1=O)NC(=O)[C@H]1[C@H]2CC[C@H](CC2(F)F)N1C(=O)c1cc2c(F)ccc(Cl)c2[nH]1. The third-order valence-electron chi connectivity index (χ3n) is 7.75. The number of alkyl halides is 2. The summed E-state index contributed by atoms with van der Waals surface area (Å²) in [5.41, 5.74) is 0.111. The predicted octanol–water partition coefficient (Wildman–Crippen LogP) is 3.51. The Morgan fingerprint density at radius 2 is 2.08 bits per heavy atom. The van der Waals surface area contributed by atoms with Gasteiger partial charge in [-0.25, -0.2) is 13.2 Å². The van der Waals surface area contributed by atoms with Gasteiger partial charge in [0, 0.05) is 30.3 Å². The summed E-state index contributed by atoms with van der Waals surface area (Å²) >= 11 is 6.13. The van der Waals surface area contributed by atoms with Crippen LogP contribution in [0.25, 0.3) is 10.9 Å². The van der Waals surface area contributed by atoms with Crippen LogP contribution in [-0.2, 0) is 9.59 Å². The summed E-state index contributed by atoms with van der Waals surface area (Å²) in [5.74, 6) is -7.52. The lowest BCUT2D eigenvalue weighted by atomic mass is 9.71. The maximum atomic E-state index is 15.0. The van der Waals surface area contributed by atoms with Crippen molar-refractivity contribution < 1.29 is 27.6 Å². The number of H-pyrrole nitrogens is 1. The van der Waals surface area contributed by atoms with Crippen molar-refractivity contribution in [3.63, 3.8) is 0 Å². The van der Waals surface area contributed by atoms with Crippen LogP contribution < -0.4 is 10.6 Å². The summed E-state index contributed by atoms with van der Waals surface area (Å²) in [6.07, 6.45) is 1.06. The van der Waals surface area contributed by atoms with Gasteiger partial charge in [-0.3, -0.25) is 14.4 Å². The van der Waals surface area contributed by atoms with Gasteiger partial charge in [0.05, 0.1) is 22.5 Å². The zero-order valence-electron chi connectivity index (χ0n) is 19.7. The van der Waals surface area contributed by atoms with E-state index >= 15 is 0 Å². The molecule has 1 aromatic carbocycles. The number of hydrogen-bond acceptors (Lipinski definition) is 4. The van der Waals surface area contributed by atoms with E-state index in [0.717, 1.165) is 17.4 Å². The van der Waals surface area contributed by atoms with Gasteiger partial charge in [0.2, 0.25) is 11.8 Å². The average Bonchev–Trinajstić information content (AvgIpc) is 3.33. The van der Waals surface area contributed by atoms with Gasteiger partial charge in [-0.1, -0.05) is 11.6 Å². The molecule has 1 aromatic heterocycles. The standard InChI is InChI=1S/C25H25ClF3N5O3/c26-17-5-6-18(27)15-9-19(33-20(15)17)24(37)34-14-3-4-16(25(28,29)10-14)21(34)23(36)32-13(11-30)8-12-2-1-7-31-22(12)35/h5-6,9,12-14,16,21,33H,1-4,7-8,10H2,(H,31,35)(H,32,36)/t12-,13+,14+,16+,21+/m0/s1. The van der Waals surface area contributed by atoms with Crippen LogP contribution in [0.5, 0.6) is 0 Å². The largest absolute Gasteiger partial charge is 0.356 e. The lowest BCUT2D eigenvalue weighted by Crippen LogP contribution is -2.68. The second kappa shape index (κ2) is 9.56. The van der Waals surface area contributed by atoms with Gasteiger partial charge < -0.3 is 20.5 Å². The number of fused-ring (bicyclic) bond motifs is 4. The van der Waals surface area contributed by atoms with Crippen molar-refractivity contribution in [2.45, 2.75) is 62.6 Å². The summed E-state index contributed by atoms with van der Waals surface area (Å²) in [6, 6.07) is 2.15. The number of benzene rings is 1. The number of amides is 3. The quantitative estimate of drug-likeness (QED) is 0.543. The molecule has 1 aliphatic carbocycles. The fourth-order valence-electron chi connectivity index (χ4n) is 5.95. The predicted molar refractivity (Wildman–Crippen MR) is 127 cm³/mol. The third kappa shape index (κ3) is 4.52. The van der Waals surface area contributed by atoms with Crippen molar-refractivity contribution in [2.75, 3.05) is 6.54 Å². The monoisotopic (exact) mass is 535 g/mol. The highest BCUT2D eigenvalue weighted by Crippen LogP contribution is 2.49. The number of aromatic amines is 1. The molecule has 4 heterocycles. The van der Waals surface area contributed by atoms with E-state index in [-0.39, 0.29) is 46.8 Å². The molecule has 0 spiro atoms. The minimum atomic E-state index is -3.18. The average molecular weight is 536 g/mol. The van der Waals surface area contributed by atoms with E-state index < -0.39 is 59.9 Å². The first-order valence-electron chi connectivity index (χ1n) is 12.3. The molecule has 3 aliphatic heterocycles. The second-order valence-corrected chi connectivity index (χ2v) is 10.4. The van der Waals surface area contributed by atoms with Gasteiger partial charge in [0.25, 0.3) is 11.8 Å². The Morgan fingerprint density at radius 1 is 1.30 bits per heavy atom. The molecule has 5 atom stereocenters. The van der Waals surface area contributed by atoms with Gasteiger partial charge >= 0.3 is 0 Å². The molecule has 2 bridgehead atoms.